The highest BCUT2D eigenvalue weighted by molar-refractivity contribution is 5.80. The first-order valence-corrected chi connectivity index (χ1v) is 5.60. The number of carbonyl (C=O) groups is 1. The van der Waals surface area contributed by atoms with Gasteiger partial charge >= 0.3 is 0 Å². The number of Topliss-reactive ketones (excluding diaryl/α,β-unsaturated/α-hetero) is 1. The molecular weight excluding hydrogens is 210 g/mol. The Labute approximate surface area is 93.5 Å². The summed E-state index contributed by atoms with van der Waals surface area (Å²) >= 11 is 0. The van der Waals surface area contributed by atoms with E-state index in [4.69, 9.17) is 0 Å². The van der Waals surface area contributed by atoms with Gasteiger partial charge < -0.3 is 0 Å². The predicted octanol–water partition coefficient (Wildman–Crippen LogP) is 3.27. The standard InChI is InChI=1S/C13H14F2O/c14-11-5-10(6-12(15)8-11)7-13(16)4-3-9-1-2-9/h5-6,8-9H,1-4,7H2. The van der Waals surface area contributed by atoms with Gasteiger partial charge in [0.15, 0.2) is 0 Å². The molecule has 0 amide bonds. The molecule has 0 heterocycles. The summed E-state index contributed by atoms with van der Waals surface area (Å²) in [6.07, 6.45) is 4.05. The van der Waals surface area contributed by atoms with Crippen LogP contribution in [0.5, 0.6) is 0 Å². The van der Waals surface area contributed by atoms with Gasteiger partial charge in [0.05, 0.1) is 0 Å². The second-order valence-electron chi connectivity index (χ2n) is 4.48. The highest BCUT2D eigenvalue weighted by atomic mass is 19.1. The van der Waals surface area contributed by atoms with Gasteiger partial charge in [-0.05, 0) is 30.0 Å². The van der Waals surface area contributed by atoms with Gasteiger partial charge in [0.25, 0.3) is 0 Å². The van der Waals surface area contributed by atoms with Crippen molar-refractivity contribution in [2.45, 2.75) is 32.1 Å². The van der Waals surface area contributed by atoms with Crippen LogP contribution in [0.15, 0.2) is 18.2 Å². The summed E-state index contributed by atoms with van der Waals surface area (Å²) in [4.78, 5) is 11.5. The highest BCUT2D eigenvalue weighted by Gasteiger charge is 2.21. The largest absolute Gasteiger partial charge is 0.299 e. The van der Waals surface area contributed by atoms with Crippen LogP contribution in [0, 0.1) is 17.6 Å². The maximum Gasteiger partial charge on any atom is 0.137 e. The first-order chi connectivity index (χ1) is 7.63. The Bertz CT molecular complexity index is 377. The van der Waals surface area contributed by atoms with Crippen molar-refractivity contribution in [1.29, 1.82) is 0 Å². The lowest BCUT2D eigenvalue weighted by molar-refractivity contribution is -0.118. The van der Waals surface area contributed by atoms with Crippen LogP contribution in [0.25, 0.3) is 0 Å². The van der Waals surface area contributed by atoms with Gasteiger partial charge in [0, 0.05) is 18.9 Å². The van der Waals surface area contributed by atoms with E-state index in [0.717, 1.165) is 12.5 Å². The van der Waals surface area contributed by atoms with Gasteiger partial charge in [0.2, 0.25) is 0 Å². The van der Waals surface area contributed by atoms with Crippen molar-refractivity contribution in [2.24, 2.45) is 5.92 Å². The number of benzene rings is 1. The van der Waals surface area contributed by atoms with Crippen LogP contribution < -0.4 is 0 Å². The Hall–Kier alpha value is -1.25. The van der Waals surface area contributed by atoms with Gasteiger partial charge in [0.1, 0.15) is 17.4 Å². The summed E-state index contributed by atoms with van der Waals surface area (Å²) in [6.45, 7) is 0. The van der Waals surface area contributed by atoms with Gasteiger partial charge in [-0.25, -0.2) is 8.78 Å². The minimum atomic E-state index is -0.620. The van der Waals surface area contributed by atoms with Crippen molar-refractivity contribution in [3.8, 4) is 0 Å². The molecule has 1 aromatic carbocycles. The van der Waals surface area contributed by atoms with E-state index in [0.29, 0.717) is 17.9 Å². The molecule has 1 nitrogen and oxygen atoms in total. The zero-order chi connectivity index (χ0) is 11.5. The average Bonchev–Trinajstić information content (AvgIpc) is 2.96. The first kappa shape index (κ1) is 11.2. The van der Waals surface area contributed by atoms with Crippen molar-refractivity contribution in [2.75, 3.05) is 0 Å². The average molecular weight is 224 g/mol. The summed E-state index contributed by atoms with van der Waals surface area (Å²) in [5.74, 6) is -0.458. The number of rotatable bonds is 5. The number of ketones is 1. The smallest absolute Gasteiger partial charge is 0.137 e. The summed E-state index contributed by atoms with van der Waals surface area (Å²) in [6, 6.07) is 3.26. The lowest BCUT2D eigenvalue weighted by Crippen LogP contribution is -2.03. The molecule has 0 aliphatic heterocycles. The zero-order valence-electron chi connectivity index (χ0n) is 9.01. The molecule has 86 valence electrons. The van der Waals surface area contributed by atoms with Crippen LogP contribution in [0.2, 0.25) is 0 Å². The summed E-state index contributed by atoms with van der Waals surface area (Å²) in [7, 11) is 0. The number of halogens is 2. The van der Waals surface area contributed by atoms with Crippen molar-refractivity contribution in [3.63, 3.8) is 0 Å². The van der Waals surface area contributed by atoms with Crippen molar-refractivity contribution in [1.82, 2.24) is 0 Å². The van der Waals surface area contributed by atoms with Crippen LogP contribution in [0.1, 0.15) is 31.2 Å². The van der Waals surface area contributed by atoms with E-state index in [2.05, 4.69) is 0 Å². The van der Waals surface area contributed by atoms with E-state index in [1.807, 2.05) is 0 Å². The maximum absolute atomic E-state index is 12.9. The fraction of sp³-hybridized carbons (Fsp3) is 0.462. The SMILES string of the molecule is O=C(CCC1CC1)Cc1cc(F)cc(F)c1. The van der Waals surface area contributed by atoms with Crippen LogP contribution in [-0.4, -0.2) is 5.78 Å². The van der Waals surface area contributed by atoms with Gasteiger partial charge in [-0.3, -0.25) is 4.79 Å². The van der Waals surface area contributed by atoms with Gasteiger partial charge in [-0.15, -0.1) is 0 Å². The fourth-order valence-electron chi connectivity index (χ4n) is 1.80. The summed E-state index contributed by atoms with van der Waals surface area (Å²) < 4.78 is 25.7. The molecule has 0 radical (unpaired) electrons. The molecular formula is C13H14F2O. The molecule has 0 bridgehead atoms. The number of hydrogen-bond acceptors (Lipinski definition) is 1. The molecule has 1 saturated carbocycles. The highest BCUT2D eigenvalue weighted by Crippen LogP contribution is 2.33. The number of carbonyl (C=O) groups excluding carboxylic acids is 1. The summed E-state index contributed by atoms with van der Waals surface area (Å²) in [5.41, 5.74) is 0.429. The Balaban J connectivity index is 1.88. The molecule has 1 fully saturated rings. The Morgan fingerprint density at radius 3 is 2.38 bits per heavy atom. The van der Waals surface area contributed by atoms with Crippen molar-refractivity contribution < 1.29 is 13.6 Å². The Morgan fingerprint density at radius 1 is 1.19 bits per heavy atom. The molecule has 0 spiro atoms. The van der Waals surface area contributed by atoms with Crippen molar-refractivity contribution in [3.05, 3.63) is 35.4 Å². The Morgan fingerprint density at radius 2 is 1.81 bits per heavy atom. The van der Waals surface area contributed by atoms with Crippen LogP contribution >= 0.6 is 0 Å². The minimum absolute atomic E-state index is 0.0666. The third kappa shape index (κ3) is 3.40. The van der Waals surface area contributed by atoms with Crippen LogP contribution in [0.4, 0.5) is 8.78 Å². The van der Waals surface area contributed by atoms with Gasteiger partial charge in [-0.2, -0.15) is 0 Å². The fourth-order valence-corrected chi connectivity index (χ4v) is 1.80. The van der Waals surface area contributed by atoms with Crippen molar-refractivity contribution >= 4 is 5.78 Å². The molecule has 2 rings (SSSR count). The molecule has 1 aromatic rings. The molecule has 0 N–H and O–H groups in total. The molecule has 3 heteroatoms. The third-order valence-electron chi connectivity index (χ3n) is 2.85. The lowest BCUT2D eigenvalue weighted by Gasteiger charge is -2.01. The predicted molar refractivity (Wildman–Crippen MR) is 57.0 cm³/mol. The second kappa shape index (κ2) is 4.73. The van der Waals surface area contributed by atoms with E-state index in [1.54, 1.807) is 0 Å². The normalized spacial score (nSPS) is 15.1. The Kier molecular flexibility index (Phi) is 3.32. The number of hydrogen-bond donors (Lipinski definition) is 0. The quantitative estimate of drug-likeness (QED) is 0.750. The monoisotopic (exact) mass is 224 g/mol. The molecule has 16 heavy (non-hydrogen) atoms. The molecule has 0 unspecified atom stereocenters. The molecule has 0 aromatic heterocycles. The maximum atomic E-state index is 12.9. The summed E-state index contributed by atoms with van der Waals surface area (Å²) in [5, 5.41) is 0. The van der Waals surface area contributed by atoms with E-state index < -0.39 is 11.6 Å². The van der Waals surface area contributed by atoms with E-state index in [-0.39, 0.29) is 12.2 Å². The molecule has 1 aliphatic carbocycles. The topological polar surface area (TPSA) is 17.1 Å². The second-order valence-corrected chi connectivity index (χ2v) is 4.48. The van der Waals surface area contributed by atoms with E-state index >= 15 is 0 Å². The third-order valence-corrected chi connectivity index (χ3v) is 2.85. The van der Waals surface area contributed by atoms with Gasteiger partial charge in [-0.1, -0.05) is 12.8 Å². The first-order valence-electron chi connectivity index (χ1n) is 5.60. The van der Waals surface area contributed by atoms with E-state index in [9.17, 15) is 13.6 Å². The molecule has 1 aliphatic rings. The lowest BCUT2D eigenvalue weighted by atomic mass is 10.0. The molecule has 0 saturated heterocycles. The minimum Gasteiger partial charge on any atom is -0.299 e. The molecule has 0 atom stereocenters. The zero-order valence-corrected chi connectivity index (χ0v) is 9.01. The van der Waals surface area contributed by atoms with Crippen LogP contribution in [0.3, 0.4) is 0 Å². The van der Waals surface area contributed by atoms with Crippen LogP contribution in [-0.2, 0) is 11.2 Å². The van der Waals surface area contributed by atoms with E-state index in [1.165, 1.54) is 25.0 Å².